The summed E-state index contributed by atoms with van der Waals surface area (Å²) < 4.78 is 11.2. The minimum Gasteiger partial charge on any atom is -0.454 e. The number of methoxy groups -OCH3 is 1. The second kappa shape index (κ2) is 7.25. The maximum Gasteiger partial charge on any atom is 0.338 e. The molecule has 1 aliphatic rings. The van der Waals surface area contributed by atoms with Gasteiger partial charge in [-0.05, 0) is 42.2 Å². The van der Waals surface area contributed by atoms with E-state index in [1.165, 1.54) is 0 Å². The summed E-state index contributed by atoms with van der Waals surface area (Å²) in [4.78, 5) is 12.4. The summed E-state index contributed by atoms with van der Waals surface area (Å²) in [5, 5.41) is 0. The van der Waals surface area contributed by atoms with Crippen molar-refractivity contribution in [2.45, 2.75) is 25.0 Å². The first-order valence-electron chi connectivity index (χ1n) is 7.84. The van der Waals surface area contributed by atoms with Crippen LogP contribution in [0.3, 0.4) is 0 Å². The Morgan fingerprint density at radius 2 is 1.61 bits per heavy atom. The van der Waals surface area contributed by atoms with Gasteiger partial charge < -0.3 is 9.47 Å². The molecule has 2 aromatic rings. The van der Waals surface area contributed by atoms with Gasteiger partial charge in [-0.3, -0.25) is 0 Å². The lowest BCUT2D eigenvalue weighted by atomic mass is 9.89. The Morgan fingerprint density at radius 1 is 0.957 bits per heavy atom. The number of esters is 1. The number of carbonyl (C=O) groups excluding carboxylic acids is 1. The third-order valence-electron chi connectivity index (χ3n) is 4.09. The van der Waals surface area contributed by atoms with Gasteiger partial charge in [0.2, 0.25) is 0 Å². The van der Waals surface area contributed by atoms with Gasteiger partial charge in [0.15, 0.2) is 0 Å². The molecule has 0 amide bonds. The molecule has 0 unspecified atom stereocenters. The van der Waals surface area contributed by atoms with Crippen LogP contribution < -0.4 is 0 Å². The molecule has 118 valence electrons. The zero-order valence-corrected chi connectivity index (χ0v) is 13.1. The van der Waals surface area contributed by atoms with Gasteiger partial charge in [-0.15, -0.1) is 0 Å². The third-order valence-corrected chi connectivity index (χ3v) is 4.09. The molecular formula is C20H20O3. The van der Waals surface area contributed by atoms with E-state index in [1.807, 2.05) is 48.5 Å². The van der Waals surface area contributed by atoms with Crippen molar-refractivity contribution in [3.8, 4) is 0 Å². The molecule has 3 heteroatoms. The van der Waals surface area contributed by atoms with Crippen LogP contribution in [0.1, 0.15) is 28.8 Å². The number of hydrogen-bond acceptors (Lipinski definition) is 3. The highest BCUT2D eigenvalue weighted by Crippen LogP contribution is 2.31. The molecule has 0 aliphatic heterocycles. The van der Waals surface area contributed by atoms with E-state index in [0.29, 0.717) is 5.56 Å². The molecule has 0 spiro atoms. The second-order valence-electron chi connectivity index (χ2n) is 5.60. The summed E-state index contributed by atoms with van der Waals surface area (Å²) in [6.07, 6.45) is 3.51. The minimum atomic E-state index is -0.284. The normalized spacial score (nSPS) is 20.7. The van der Waals surface area contributed by atoms with Crippen LogP contribution in [-0.4, -0.2) is 25.3 Å². The second-order valence-corrected chi connectivity index (χ2v) is 5.60. The largest absolute Gasteiger partial charge is 0.454 e. The Kier molecular flexibility index (Phi) is 4.89. The van der Waals surface area contributed by atoms with Crippen molar-refractivity contribution in [1.29, 1.82) is 0 Å². The van der Waals surface area contributed by atoms with E-state index >= 15 is 0 Å². The van der Waals surface area contributed by atoms with Crippen LogP contribution in [-0.2, 0) is 9.47 Å². The average molecular weight is 308 g/mol. The molecule has 0 saturated heterocycles. The molecule has 0 N–H and O–H groups in total. The monoisotopic (exact) mass is 308 g/mol. The number of carbonyl (C=O) groups is 1. The standard InChI is InChI=1S/C20H20O3/c1-22-17-12-13-19(18(14-17)15-8-4-2-5-9-15)23-20(21)16-10-6-3-7-11-16/h2-11,14,17,19H,12-13H2,1H3/t17-,19-/m1/s1. The van der Waals surface area contributed by atoms with Crippen molar-refractivity contribution >= 4 is 11.5 Å². The predicted molar refractivity (Wildman–Crippen MR) is 90.1 cm³/mol. The molecule has 3 nitrogen and oxygen atoms in total. The van der Waals surface area contributed by atoms with E-state index in [2.05, 4.69) is 6.08 Å². The van der Waals surface area contributed by atoms with Crippen molar-refractivity contribution < 1.29 is 14.3 Å². The zero-order chi connectivity index (χ0) is 16.1. The first-order chi connectivity index (χ1) is 11.3. The van der Waals surface area contributed by atoms with Crippen LogP contribution >= 0.6 is 0 Å². The van der Waals surface area contributed by atoms with E-state index in [4.69, 9.17) is 9.47 Å². The molecule has 0 fully saturated rings. The zero-order valence-electron chi connectivity index (χ0n) is 13.1. The number of benzene rings is 2. The van der Waals surface area contributed by atoms with Gasteiger partial charge >= 0.3 is 5.97 Å². The SMILES string of the molecule is CO[C@H]1C=C(c2ccccc2)[C@H](OC(=O)c2ccccc2)CC1. The van der Waals surface area contributed by atoms with Crippen molar-refractivity contribution in [2.24, 2.45) is 0 Å². The molecule has 1 aliphatic carbocycles. The van der Waals surface area contributed by atoms with Gasteiger partial charge in [0.05, 0.1) is 11.7 Å². The van der Waals surface area contributed by atoms with E-state index in [0.717, 1.165) is 24.0 Å². The van der Waals surface area contributed by atoms with Gasteiger partial charge in [0.25, 0.3) is 0 Å². The maximum absolute atomic E-state index is 12.4. The molecule has 2 atom stereocenters. The highest BCUT2D eigenvalue weighted by molar-refractivity contribution is 5.90. The van der Waals surface area contributed by atoms with Crippen LogP contribution in [0, 0.1) is 0 Å². The Labute approximate surface area is 136 Å². The summed E-state index contributed by atoms with van der Waals surface area (Å²) in [5.74, 6) is -0.284. The highest BCUT2D eigenvalue weighted by atomic mass is 16.5. The minimum absolute atomic E-state index is 0.0666. The van der Waals surface area contributed by atoms with E-state index < -0.39 is 0 Å². The van der Waals surface area contributed by atoms with Crippen molar-refractivity contribution in [1.82, 2.24) is 0 Å². The molecule has 0 saturated carbocycles. The summed E-state index contributed by atoms with van der Waals surface area (Å²) in [5.41, 5.74) is 2.67. The van der Waals surface area contributed by atoms with Crippen LogP contribution in [0.5, 0.6) is 0 Å². The number of rotatable bonds is 4. The molecule has 0 radical (unpaired) electrons. The molecule has 0 bridgehead atoms. The van der Waals surface area contributed by atoms with Gasteiger partial charge in [0.1, 0.15) is 6.10 Å². The Hall–Kier alpha value is -2.39. The Morgan fingerprint density at radius 3 is 2.26 bits per heavy atom. The van der Waals surface area contributed by atoms with Crippen LogP contribution in [0.4, 0.5) is 0 Å². The highest BCUT2D eigenvalue weighted by Gasteiger charge is 2.27. The quantitative estimate of drug-likeness (QED) is 0.798. The molecule has 0 heterocycles. The molecular weight excluding hydrogens is 288 g/mol. The van der Waals surface area contributed by atoms with Crippen LogP contribution in [0.25, 0.3) is 5.57 Å². The van der Waals surface area contributed by atoms with Crippen molar-refractivity contribution in [3.63, 3.8) is 0 Å². The van der Waals surface area contributed by atoms with E-state index in [-0.39, 0.29) is 18.2 Å². The predicted octanol–water partition coefficient (Wildman–Crippen LogP) is 4.10. The third kappa shape index (κ3) is 3.69. The van der Waals surface area contributed by atoms with E-state index in [9.17, 15) is 4.79 Å². The van der Waals surface area contributed by atoms with E-state index in [1.54, 1.807) is 19.2 Å². The fourth-order valence-electron chi connectivity index (χ4n) is 2.85. The summed E-state index contributed by atoms with van der Waals surface area (Å²) in [7, 11) is 1.71. The van der Waals surface area contributed by atoms with Crippen molar-refractivity contribution in [3.05, 3.63) is 77.9 Å². The number of ether oxygens (including phenoxy) is 2. The lowest BCUT2D eigenvalue weighted by molar-refractivity contribution is 0.0335. The fourth-order valence-corrected chi connectivity index (χ4v) is 2.85. The average Bonchev–Trinajstić information content (AvgIpc) is 2.63. The summed E-state index contributed by atoms with van der Waals surface area (Å²) in [6, 6.07) is 19.1. The molecule has 23 heavy (non-hydrogen) atoms. The fraction of sp³-hybridized carbons (Fsp3) is 0.250. The lowest BCUT2D eigenvalue weighted by Crippen LogP contribution is -2.27. The Balaban J connectivity index is 1.84. The van der Waals surface area contributed by atoms with Crippen LogP contribution in [0.15, 0.2) is 66.7 Å². The summed E-state index contributed by atoms with van der Waals surface area (Å²) >= 11 is 0. The van der Waals surface area contributed by atoms with Gasteiger partial charge in [-0.1, -0.05) is 48.5 Å². The lowest BCUT2D eigenvalue weighted by Gasteiger charge is -2.28. The first kappa shape index (κ1) is 15.5. The van der Waals surface area contributed by atoms with Gasteiger partial charge in [-0.25, -0.2) is 4.79 Å². The van der Waals surface area contributed by atoms with Crippen molar-refractivity contribution in [2.75, 3.05) is 7.11 Å². The summed E-state index contributed by atoms with van der Waals surface area (Å²) in [6.45, 7) is 0. The van der Waals surface area contributed by atoms with Crippen LogP contribution in [0.2, 0.25) is 0 Å². The smallest absolute Gasteiger partial charge is 0.338 e. The first-order valence-corrected chi connectivity index (χ1v) is 7.84. The topological polar surface area (TPSA) is 35.5 Å². The molecule has 3 rings (SSSR count). The maximum atomic E-state index is 12.4. The number of hydrogen-bond donors (Lipinski definition) is 0. The van der Waals surface area contributed by atoms with Gasteiger partial charge in [-0.2, -0.15) is 0 Å². The molecule has 2 aromatic carbocycles. The Bertz CT molecular complexity index is 677. The van der Waals surface area contributed by atoms with Gasteiger partial charge in [0, 0.05) is 7.11 Å². The molecule has 0 aromatic heterocycles.